The fourth-order valence-corrected chi connectivity index (χ4v) is 1.33. The van der Waals surface area contributed by atoms with E-state index in [2.05, 4.69) is 0 Å². The van der Waals surface area contributed by atoms with Crippen LogP contribution in [0, 0.1) is 0 Å². The first kappa shape index (κ1) is 9.85. The Bertz CT molecular complexity index is 187. The number of ether oxygens (including phenoxy) is 1. The highest BCUT2D eigenvalue weighted by molar-refractivity contribution is 5.05. The van der Waals surface area contributed by atoms with E-state index in [9.17, 15) is 9.50 Å². The molecule has 0 aromatic rings. The SMILES string of the molecule is CC1O[C@](N)(CO)[C@@H](O)[C@@]1(C)F. The first-order valence-corrected chi connectivity index (χ1v) is 3.79. The van der Waals surface area contributed by atoms with E-state index in [-0.39, 0.29) is 0 Å². The number of aliphatic hydroxyl groups is 2. The van der Waals surface area contributed by atoms with Gasteiger partial charge in [-0.1, -0.05) is 0 Å². The van der Waals surface area contributed by atoms with Crippen LogP contribution < -0.4 is 5.73 Å². The largest absolute Gasteiger partial charge is 0.392 e. The molecule has 0 radical (unpaired) electrons. The van der Waals surface area contributed by atoms with E-state index in [0.29, 0.717) is 0 Å². The summed E-state index contributed by atoms with van der Waals surface area (Å²) in [5, 5.41) is 18.1. The molecule has 0 spiro atoms. The van der Waals surface area contributed by atoms with Gasteiger partial charge in [0.1, 0.15) is 6.10 Å². The molecule has 4 N–H and O–H groups in total. The molecule has 0 aromatic heterocycles. The monoisotopic (exact) mass is 179 g/mol. The predicted octanol–water partition coefficient (Wildman–Crippen LogP) is -0.858. The molecule has 72 valence electrons. The molecule has 1 aliphatic heterocycles. The normalized spacial score (nSPS) is 54.5. The quantitative estimate of drug-likeness (QED) is 0.489. The number of rotatable bonds is 1. The smallest absolute Gasteiger partial charge is 0.169 e. The Morgan fingerprint density at radius 2 is 2.17 bits per heavy atom. The molecule has 4 nitrogen and oxygen atoms in total. The second-order valence-electron chi connectivity index (χ2n) is 3.43. The lowest BCUT2D eigenvalue weighted by Gasteiger charge is -2.26. The van der Waals surface area contributed by atoms with Crippen molar-refractivity contribution in [3.05, 3.63) is 0 Å². The molecule has 0 aromatic carbocycles. The van der Waals surface area contributed by atoms with Gasteiger partial charge >= 0.3 is 0 Å². The van der Waals surface area contributed by atoms with Crippen molar-refractivity contribution in [3.63, 3.8) is 0 Å². The minimum atomic E-state index is -1.91. The van der Waals surface area contributed by atoms with Crippen molar-refractivity contribution >= 4 is 0 Å². The van der Waals surface area contributed by atoms with Crippen molar-refractivity contribution in [2.45, 2.75) is 37.4 Å². The van der Waals surface area contributed by atoms with Gasteiger partial charge in [0.05, 0.1) is 12.7 Å². The Hall–Kier alpha value is -0.230. The van der Waals surface area contributed by atoms with Crippen LogP contribution in [0.3, 0.4) is 0 Å². The maximum absolute atomic E-state index is 13.5. The van der Waals surface area contributed by atoms with Crippen LogP contribution in [0.15, 0.2) is 0 Å². The van der Waals surface area contributed by atoms with Crippen molar-refractivity contribution < 1.29 is 19.3 Å². The van der Waals surface area contributed by atoms with Gasteiger partial charge in [-0.15, -0.1) is 0 Å². The highest BCUT2D eigenvalue weighted by Gasteiger charge is 2.58. The summed E-state index contributed by atoms with van der Waals surface area (Å²) < 4.78 is 18.4. The molecule has 5 heteroatoms. The van der Waals surface area contributed by atoms with E-state index in [4.69, 9.17) is 15.6 Å². The van der Waals surface area contributed by atoms with Gasteiger partial charge in [-0.3, -0.25) is 5.73 Å². The lowest BCUT2D eigenvalue weighted by Crippen LogP contribution is -2.55. The summed E-state index contributed by atoms with van der Waals surface area (Å²) in [6.45, 7) is 2.07. The Balaban J connectivity index is 2.90. The van der Waals surface area contributed by atoms with Crippen LogP contribution in [0.1, 0.15) is 13.8 Å². The van der Waals surface area contributed by atoms with E-state index in [1.165, 1.54) is 13.8 Å². The predicted molar refractivity (Wildman–Crippen MR) is 40.1 cm³/mol. The van der Waals surface area contributed by atoms with Gasteiger partial charge in [-0.05, 0) is 13.8 Å². The fraction of sp³-hybridized carbons (Fsp3) is 1.00. The summed E-state index contributed by atoms with van der Waals surface area (Å²) >= 11 is 0. The van der Waals surface area contributed by atoms with Crippen LogP contribution in [0.25, 0.3) is 0 Å². The second-order valence-corrected chi connectivity index (χ2v) is 3.43. The summed E-state index contributed by atoms with van der Waals surface area (Å²) in [6, 6.07) is 0. The minimum Gasteiger partial charge on any atom is -0.392 e. The third-order valence-electron chi connectivity index (χ3n) is 2.44. The van der Waals surface area contributed by atoms with Crippen LogP contribution in [-0.4, -0.2) is 40.4 Å². The lowest BCUT2D eigenvalue weighted by molar-refractivity contribution is -0.104. The average Bonchev–Trinajstić information content (AvgIpc) is 2.14. The van der Waals surface area contributed by atoms with E-state index >= 15 is 0 Å². The summed E-state index contributed by atoms with van der Waals surface area (Å²) in [5.41, 5.74) is 1.84. The highest BCUT2D eigenvalue weighted by Crippen LogP contribution is 2.37. The molecule has 0 saturated carbocycles. The summed E-state index contributed by atoms with van der Waals surface area (Å²) in [7, 11) is 0. The molecule has 1 unspecified atom stereocenters. The van der Waals surface area contributed by atoms with E-state index < -0.39 is 30.2 Å². The number of hydrogen-bond donors (Lipinski definition) is 3. The molecule has 12 heavy (non-hydrogen) atoms. The van der Waals surface area contributed by atoms with Crippen molar-refractivity contribution in [1.82, 2.24) is 0 Å². The standard InChI is InChI=1S/C7H14FNO3/c1-4-6(2,8)5(11)7(9,3-10)12-4/h4-5,10-11H,3,9H2,1-2H3/t4?,5-,6-,7+/m0/s1. The maximum atomic E-state index is 13.5. The molecule has 0 aliphatic carbocycles. The molecular weight excluding hydrogens is 165 g/mol. The average molecular weight is 179 g/mol. The second kappa shape index (κ2) is 2.63. The molecular formula is C7H14FNO3. The summed E-state index contributed by atoms with van der Waals surface area (Å²) in [5.74, 6) is 0. The third kappa shape index (κ3) is 1.13. The van der Waals surface area contributed by atoms with Crippen LogP contribution in [0.2, 0.25) is 0 Å². The number of alkyl halides is 1. The molecule has 0 amide bonds. The lowest BCUT2D eigenvalue weighted by atomic mass is 9.93. The zero-order valence-electron chi connectivity index (χ0n) is 7.12. The fourth-order valence-electron chi connectivity index (χ4n) is 1.33. The molecule has 1 heterocycles. The molecule has 4 atom stereocenters. The number of nitrogens with two attached hydrogens (primary N) is 1. The molecule has 1 saturated heterocycles. The highest BCUT2D eigenvalue weighted by atomic mass is 19.1. The van der Waals surface area contributed by atoms with Crippen molar-refractivity contribution in [2.24, 2.45) is 5.73 Å². The number of halogens is 1. The first-order valence-electron chi connectivity index (χ1n) is 3.79. The Morgan fingerprint density at radius 1 is 1.67 bits per heavy atom. The van der Waals surface area contributed by atoms with Crippen LogP contribution in [0.5, 0.6) is 0 Å². The topological polar surface area (TPSA) is 75.7 Å². The van der Waals surface area contributed by atoms with Gasteiger partial charge in [0.25, 0.3) is 0 Å². The van der Waals surface area contributed by atoms with Crippen molar-refractivity contribution in [3.8, 4) is 0 Å². The Labute approximate surface area is 70.1 Å². The van der Waals surface area contributed by atoms with Gasteiger partial charge in [0, 0.05) is 0 Å². The van der Waals surface area contributed by atoms with Gasteiger partial charge in [-0.25, -0.2) is 4.39 Å². The van der Waals surface area contributed by atoms with Crippen molar-refractivity contribution in [1.29, 1.82) is 0 Å². The molecule has 1 aliphatic rings. The van der Waals surface area contributed by atoms with Crippen molar-refractivity contribution in [2.75, 3.05) is 6.61 Å². The Morgan fingerprint density at radius 3 is 2.33 bits per heavy atom. The number of aliphatic hydroxyl groups excluding tert-OH is 2. The van der Waals surface area contributed by atoms with Crippen LogP contribution in [-0.2, 0) is 4.74 Å². The van der Waals surface area contributed by atoms with Gasteiger partial charge < -0.3 is 14.9 Å². The van der Waals surface area contributed by atoms with E-state index in [1.807, 2.05) is 0 Å². The molecule has 0 bridgehead atoms. The zero-order chi connectivity index (χ0) is 9.57. The Kier molecular flexibility index (Phi) is 2.16. The third-order valence-corrected chi connectivity index (χ3v) is 2.44. The minimum absolute atomic E-state index is 0.599. The maximum Gasteiger partial charge on any atom is 0.169 e. The van der Waals surface area contributed by atoms with E-state index in [0.717, 1.165) is 0 Å². The zero-order valence-corrected chi connectivity index (χ0v) is 7.12. The number of hydrogen-bond acceptors (Lipinski definition) is 4. The first-order chi connectivity index (χ1) is 5.34. The molecule has 1 rings (SSSR count). The summed E-state index contributed by atoms with van der Waals surface area (Å²) in [6.07, 6.45) is -2.31. The van der Waals surface area contributed by atoms with Gasteiger partial charge in [-0.2, -0.15) is 0 Å². The van der Waals surface area contributed by atoms with Crippen LogP contribution >= 0.6 is 0 Å². The van der Waals surface area contributed by atoms with Gasteiger partial charge in [0.2, 0.25) is 0 Å². The van der Waals surface area contributed by atoms with E-state index in [1.54, 1.807) is 0 Å². The van der Waals surface area contributed by atoms with Gasteiger partial charge in [0.15, 0.2) is 11.4 Å². The molecule has 1 fully saturated rings. The van der Waals surface area contributed by atoms with Crippen LogP contribution in [0.4, 0.5) is 4.39 Å². The summed E-state index contributed by atoms with van der Waals surface area (Å²) in [4.78, 5) is 0.